The van der Waals surface area contributed by atoms with Gasteiger partial charge in [0.05, 0.1) is 26.2 Å². The third kappa shape index (κ3) is 13.4. The van der Waals surface area contributed by atoms with E-state index in [0.717, 1.165) is 29.7 Å². The first kappa shape index (κ1) is 37.6. The summed E-state index contributed by atoms with van der Waals surface area (Å²) in [6.07, 6.45) is 8.24. The Morgan fingerprint density at radius 3 is 1.81 bits per heavy atom. The van der Waals surface area contributed by atoms with Gasteiger partial charge in [0.15, 0.2) is 0 Å². The Kier molecular flexibility index (Phi) is 15.3. The molecule has 2 heterocycles. The van der Waals surface area contributed by atoms with Crippen molar-refractivity contribution in [2.45, 2.75) is 32.2 Å². The lowest BCUT2D eigenvalue weighted by molar-refractivity contribution is -0.140. The zero-order valence-electron chi connectivity index (χ0n) is 27.2. The highest BCUT2D eigenvalue weighted by Crippen LogP contribution is 2.25. The number of fused-ring (bicyclic) bond motifs is 1. The van der Waals surface area contributed by atoms with Crippen molar-refractivity contribution in [3.8, 4) is 0 Å². The lowest BCUT2D eigenvalue weighted by atomic mass is 10.0. The second-order valence-electron chi connectivity index (χ2n) is 12.3. The lowest BCUT2D eigenvalue weighted by Crippen LogP contribution is -2.53. The Bertz CT molecular complexity index is 1220. The van der Waals surface area contributed by atoms with Crippen LogP contribution in [0.4, 0.5) is 0 Å². The quantitative estimate of drug-likeness (QED) is 0.117. The molecule has 2 amide bonds. The van der Waals surface area contributed by atoms with Gasteiger partial charge in [-0.2, -0.15) is 0 Å². The molecule has 1 aromatic rings. The molecule has 262 valence electrons. The van der Waals surface area contributed by atoms with E-state index < -0.39 is 29.9 Å². The van der Waals surface area contributed by atoms with Crippen molar-refractivity contribution in [3.05, 3.63) is 29.1 Å². The predicted octanol–water partition coefficient (Wildman–Crippen LogP) is -1.81. The van der Waals surface area contributed by atoms with E-state index in [2.05, 4.69) is 34.7 Å². The topological polar surface area (TPSA) is 225 Å². The van der Waals surface area contributed by atoms with Gasteiger partial charge in [0.2, 0.25) is 11.8 Å². The summed E-state index contributed by atoms with van der Waals surface area (Å²) in [7, 11) is 0. The van der Waals surface area contributed by atoms with E-state index in [1.54, 1.807) is 14.7 Å². The van der Waals surface area contributed by atoms with Crippen molar-refractivity contribution >= 4 is 35.8 Å². The van der Waals surface area contributed by atoms with E-state index in [-0.39, 0.29) is 90.9 Å². The molecule has 2 aliphatic rings. The molecule has 2 atom stereocenters. The maximum Gasteiger partial charge on any atom is 0.317 e. The van der Waals surface area contributed by atoms with E-state index in [1.165, 1.54) is 0 Å². The molecule has 47 heavy (non-hydrogen) atoms. The van der Waals surface area contributed by atoms with Crippen LogP contribution in [-0.4, -0.2) is 167 Å². The van der Waals surface area contributed by atoms with Gasteiger partial charge in [0, 0.05) is 83.8 Å². The van der Waals surface area contributed by atoms with Crippen LogP contribution < -0.4 is 16.4 Å². The van der Waals surface area contributed by atoms with Crippen molar-refractivity contribution < 1.29 is 39.3 Å². The number of rotatable bonds is 14. The molecule has 16 nitrogen and oxygen atoms in total. The van der Waals surface area contributed by atoms with E-state index in [4.69, 9.17) is 5.73 Å². The van der Waals surface area contributed by atoms with Crippen molar-refractivity contribution in [1.29, 1.82) is 0 Å². The largest absolute Gasteiger partial charge is 0.480 e. The van der Waals surface area contributed by atoms with Gasteiger partial charge in [-0.15, -0.1) is 0 Å². The standard InChI is InChI=1S/C31H50N8O8/c1-22-2-4-24-23(17-34-25(24)5-3-22)16-26(31(47)33-7-6-32)35-27(40)18-36-8-10-37(19-28(41)42)12-14-39(21-30(45)46)15-13-38(11-9-36)20-29(43)44/h2,4,17,22,26,34H,3,5-16,18-21,32H2,1H3,(H,33,47)(H,35,40)(H,41,42)(H,43,44)(H,45,46). The maximum absolute atomic E-state index is 13.5. The zero-order chi connectivity index (χ0) is 34.3. The van der Waals surface area contributed by atoms with Crippen LogP contribution >= 0.6 is 0 Å². The number of aliphatic carboxylic acids is 3. The number of nitrogens with zero attached hydrogens (tertiary/aromatic N) is 4. The minimum atomic E-state index is -1.03. The number of nitrogens with one attached hydrogen (secondary N) is 3. The Morgan fingerprint density at radius 2 is 1.34 bits per heavy atom. The summed E-state index contributed by atoms with van der Waals surface area (Å²) >= 11 is 0. The summed E-state index contributed by atoms with van der Waals surface area (Å²) in [6, 6.07) is -0.872. The van der Waals surface area contributed by atoms with E-state index in [9.17, 15) is 39.3 Å². The number of carboxylic acids is 3. The molecule has 1 aromatic heterocycles. The second kappa shape index (κ2) is 19.1. The molecule has 1 saturated heterocycles. The van der Waals surface area contributed by atoms with Crippen LogP contribution in [0.3, 0.4) is 0 Å². The van der Waals surface area contributed by atoms with Gasteiger partial charge >= 0.3 is 17.9 Å². The Morgan fingerprint density at radius 1 is 0.851 bits per heavy atom. The first-order valence-electron chi connectivity index (χ1n) is 16.1. The molecular formula is C31H50N8O8. The van der Waals surface area contributed by atoms with Gasteiger partial charge < -0.3 is 36.7 Å². The predicted molar refractivity (Wildman–Crippen MR) is 174 cm³/mol. The zero-order valence-corrected chi connectivity index (χ0v) is 27.2. The van der Waals surface area contributed by atoms with Gasteiger partial charge in [0.1, 0.15) is 6.04 Å². The molecular weight excluding hydrogens is 612 g/mol. The van der Waals surface area contributed by atoms with Gasteiger partial charge in [-0.25, -0.2) is 0 Å². The molecule has 16 heteroatoms. The molecule has 0 bridgehead atoms. The minimum absolute atomic E-state index is 0.101. The van der Waals surface area contributed by atoms with Gasteiger partial charge in [0.25, 0.3) is 0 Å². The number of aryl methyl sites for hydroxylation is 1. The van der Waals surface area contributed by atoms with Crippen LogP contribution in [0.25, 0.3) is 6.08 Å². The summed E-state index contributed by atoms with van der Waals surface area (Å²) in [4.78, 5) is 71.5. The summed E-state index contributed by atoms with van der Waals surface area (Å²) in [6.45, 7) is 4.01. The molecule has 2 unspecified atom stereocenters. The van der Waals surface area contributed by atoms with E-state index in [0.29, 0.717) is 19.0 Å². The number of aromatic nitrogens is 1. The smallest absolute Gasteiger partial charge is 0.317 e. The number of amides is 2. The lowest BCUT2D eigenvalue weighted by Gasteiger charge is -2.33. The minimum Gasteiger partial charge on any atom is -0.480 e. The summed E-state index contributed by atoms with van der Waals surface area (Å²) < 4.78 is 0. The van der Waals surface area contributed by atoms with Crippen molar-refractivity contribution in [2.24, 2.45) is 11.7 Å². The Labute approximate surface area is 274 Å². The summed E-state index contributed by atoms with van der Waals surface area (Å²) in [5, 5.41) is 34.0. The number of allylic oxidation sites excluding steroid dienone is 1. The molecule has 0 spiro atoms. The molecule has 0 saturated carbocycles. The van der Waals surface area contributed by atoms with Crippen LogP contribution in [0, 0.1) is 5.92 Å². The molecule has 0 radical (unpaired) electrons. The normalized spacial score (nSPS) is 19.8. The highest BCUT2D eigenvalue weighted by Gasteiger charge is 2.26. The van der Waals surface area contributed by atoms with Gasteiger partial charge in [-0.3, -0.25) is 43.6 Å². The van der Waals surface area contributed by atoms with E-state index in [1.807, 2.05) is 11.1 Å². The number of carbonyl (C=O) groups excluding carboxylic acids is 2. The van der Waals surface area contributed by atoms with Gasteiger partial charge in [-0.05, 0) is 29.9 Å². The highest BCUT2D eigenvalue weighted by atomic mass is 16.4. The van der Waals surface area contributed by atoms with E-state index >= 15 is 0 Å². The second-order valence-corrected chi connectivity index (χ2v) is 12.3. The number of carboxylic acid groups (broad SMARTS) is 3. The van der Waals surface area contributed by atoms with Crippen LogP contribution in [0.1, 0.15) is 30.2 Å². The number of nitrogens with two attached hydrogens (primary N) is 1. The third-order valence-corrected chi connectivity index (χ3v) is 8.43. The fraction of sp³-hybridized carbons (Fsp3) is 0.645. The molecule has 8 N–H and O–H groups in total. The van der Waals surface area contributed by atoms with Crippen LogP contribution in [0.2, 0.25) is 0 Å². The fourth-order valence-electron chi connectivity index (χ4n) is 5.81. The number of H-pyrrole nitrogens is 1. The average Bonchev–Trinajstić information content (AvgIpc) is 3.28. The molecule has 1 fully saturated rings. The van der Waals surface area contributed by atoms with Crippen LogP contribution in [-0.2, 0) is 36.8 Å². The highest BCUT2D eigenvalue weighted by molar-refractivity contribution is 5.88. The third-order valence-electron chi connectivity index (χ3n) is 8.43. The maximum atomic E-state index is 13.5. The monoisotopic (exact) mass is 662 g/mol. The molecule has 1 aliphatic carbocycles. The van der Waals surface area contributed by atoms with Gasteiger partial charge in [-0.1, -0.05) is 19.1 Å². The number of carbonyl (C=O) groups is 5. The fourth-order valence-corrected chi connectivity index (χ4v) is 5.81. The number of hydrogen-bond donors (Lipinski definition) is 7. The van der Waals surface area contributed by atoms with Crippen molar-refractivity contribution in [1.82, 2.24) is 35.2 Å². The molecule has 1 aliphatic heterocycles. The summed E-state index contributed by atoms with van der Waals surface area (Å²) in [5.41, 5.74) is 8.65. The Hall–Kier alpha value is -3.83. The first-order valence-corrected chi connectivity index (χ1v) is 16.1. The van der Waals surface area contributed by atoms with Crippen molar-refractivity contribution in [2.75, 3.05) is 91.6 Å². The van der Waals surface area contributed by atoms with Crippen molar-refractivity contribution in [3.63, 3.8) is 0 Å². The SMILES string of the molecule is CC1C=Cc2c(CC(NC(=O)CN3CCN(CC(=O)O)CCN(CC(=O)O)CCN(CC(=O)O)CC3)C(=O)NCCN)c[nH]c2CC1. The van der Waals surface area contributed by atoms with Crippen LogP contribution in [0.15, 0.2) is 12.3 Å². The number of aromatic amines is 1. The average molecular weight is 663 g/mol. The Balaban J connectivity index is 1.76. The number of hydrogen-bond acceptors (Lipinski definition) is 10. The molecule has 0 aromatic carbocycles. The first-order chi connectivity index (χ1) is 22.4. The summed E-state index contributed by atoms with van der Waals surface area (Å²) in [5.74, 6) is -3.43. The molecule has 3 rings (SSSR count). The van der Waals surface area contributed by atoms with Crippen LogP contribution in [0.5, 0.6) is 0 Å².